The van der Waals surface area contributed by atoms with E-state index in [0.717, 1.165) is 11.9 Å². The molecular formula is C11H22BrN. The summed E-state index contributed by atoms with van der Waals surface area (Å²) in [5.41, 5.74) is 0. The Bertz CT molecular complexity index is 123. The van der Waals surface area contributed by atoms with Crippen LogP contribution in [0.4, 0.5) is 0 Å². The topological polar surface area (TPSA) is 3.24 Å². The maximum absolute atomic E-state index is 3.78. The van der Waals surface area contributed by atoms with Gasteiger partial charge in [0, 0.05) is 17.9 Å². The maximum atomic E-state index is 3.78. The molecule has 78 valence electrons. The van der Waals surface area contributed by atoms with Crippen LogP contribution >= 0.6 is 15.9 Å². The van der Waals surface area contributed by atoms with Gasteiger partial charge in [0.2, 0.25) is 0 Å². The molecule has 0 saturated heterocycles. The Morgan fingerprint density at radius 1 is 1.31 bits per heavy atom. The molecule has 0 radical (unpaired) electrons. The van der Waals surface area contributed by atoms with Gasteiger partial charge in [-0.1, -0.05) is 28.4 Å². The van der Waals surface area contributed by atoms with Gasteiger partial charge in [0.1, 0.15) is 0 Å². The molecular weight excluding hydrogens is 226 g/mol. The van der Waals surface area contributed by atoms with Crippen LogP contribution in [0.15, 0.2) is 12.7 Å². The van der Waals surface area contributed by atoms with Crippen LogP contribution in [0, 0.1) is 0 Å². The van der Waals surface area contributed by atoms with Crippen LogP contribution in [0.3, 0.4) is 0 Å². The highest BCUT2D eigenvalue weighted by Gasteiger charge is 2.05. The van der Waals surface area contributed by atoms with E-state index < -0.39 is 0 Å². The van der Waals surface area contributed by atoms with Crippen molar-refractivity contribution < 1.29 is 0 Å². The second-order valence-corrected chi connectivity index (χ2v) is 4.42. The first kappa shape index (κ1) is 13.2. The fraction of sp³-hybridized carbons (Fsp3) is 0.818. The Labute approximate surface area is 91.3 Å². The molecule has 0 amide bonds. The molecule has 0 spiro atoms. The van der Waals surface area contributed by atoms with Gasteiger partial charge in [-0.05, 0) is 33.2 Å². The molecule has 0 aromatic heterocycles. The van der Waals surface area contributed by atoms with Crippen molar-refractivity contribution in [2.45, 2.75) is 39.2 Å². The third-order valence-corrected chi connectivity index (χ3v) is 2.73. The summed E-state index contributed by atoms with van der Waals surface area (Å²) < 4.78 is 0. The Kier molecular flexibility index (Phi) is 8.89. The number of halogens is 1. The van der Waals surface area contributed by atoms with E-state index in [0.29, 0.717) is 6.04 Å². The molecule has 0 N–H and O–H groups in total. The van der Waals surface area contributed by atoms with Crippen LogP contribution in [0.2, 0.25) is 0 Å². The van der Waals surface area contributed by atoms with Crippen LogP contribution in [0.5, 0.6) is 0 Å². The van der Waals surface area contributed by atoms with Crippen molar-refractivity contribution in [1.29, 1.82) is 0 Å². The van der Waals surface area contributed by atoms with E-state index in [4.69, 9.17) is 0 Å². The molecule has 0 heterocycles. The van der Waals surface area contributed by atoms with Crippen LogP contribution in [0.1, 0.15) is 33.1 Å². The van der Waals surface area contributed by atoms with E-state index in [2.05, 4.69) is 41.3 Å². The molecule has 0 aromatic rings. The second-order valence-electron chi connectivity index (χ2n) is 3.63. The summed E-state index contributed by atoms with van der Waals surface area (Å²) in [5.74, 6) is 0. The average Bonchev–Trinajstić information content (AvgIpc) is 2.10. The SMILES string of the molecule is C=CCN(CCCCCBr)C(C)C. The van der Waals surface area contributed by atoms with Crippen LogP contribution in [-0.2, 0) is 0 Å². The number of alkyl halides is 1. The lowest BCUT2D eigenvalue weighted by Gasteiger charge is -2.24. The molecule has 0 atom stereocenters. The molecule has 0 fully saturated rings. The summed E-state index contributed by atoms with van der Waals surface area (Å²) >= 11 is 3.45. The molecule has 0 saturated carbocycles. The number of rotatable bonds is 8. The fourth-order valence-electron chi connectivity index (χ4n) is 1.31. The van der Waals surface area contributed by atoms with E-state index in [-0.39, 0.29) is 0 Å². The largest absolute Gasteiger partial charge is 0.297 e. The van der Waals surface area contributed by atoms with Gasteiger partial charge in [0.25, 0.3) is 0 Å². The lowest BCUT2D eigenvalue weighted by Crippen LogP contribution is -2.31. The monoisotopic (exact) mass is 247 g/mol. The Balaban J connectivity index is 3.50. The van der Waals surface area contributed by atoms with E-state index >= 15 is 0 Å². The van der Waals surface area contributed by atoms with Crippen molar-refractivity contribution in [3.63, 3.8) is 0 Å². The summed E-state index contributed by atoms with van der Waals surface area (Å²) in [5, 5.41) is 1.14. The quantitative estimate of drug-likeness (QED) is 0.361. The predicted octanol–water partition coefficient (Wildman–Crippen LogP) is 3.45. The summed E-state index contributed by atoms with van der Waals surface area (Å²) in [4.78, 5) is 2.46. The smallest absolute Gasteiger partial charge is 0.0163 e. The zero-order valence-corrected chi connectivity index (χ0v) is 10.5. The van der Waals surface area contributed by atoms with Crippen molar-refractivity contribution >= 4 is 15.9 Å². The normalized spacial score (nSPS) is 11.2. The second kappa shape index (κ2) is 8.76. The molecule has 0 bridgehead atoms. The van der Waals surface area contributed by atoms with Crippen LogP contribution in [-0.4, -0.2) is 29.4 Å². The lowest BCUT2D eigenvalue weighted by atomic mass is 10.2. The van der Waals surface area contributed by atoms with Gasteiger partial charge in [-0.25, -0.2) is 0 Å². The van der Waals surface area contributed by atoms with Crippen LogP contribution in [0.25, 0.3) is 0 Å². The van der Waals surface area contributed by atoms with Crippen molar-refractivity contribution in [1.82, 2.24) is 4.90 Å². The zero-order chi connectivity index (χ0) is 10.1. The van der Waals surface area contributed by atoms with Crippen molar-refractivity contribution in [3.05, 3.63) is 12.7 Å². The first-order chi connectivity index (χ1) is 6.22. The molecule has 1 nitrogen and oxygen atoms in total. The first-order valence-electron chi connectivity index (χ1n) is 5.13. The van der Waals surface area contributed by atoms with Gasteiger partial charge >= 0.3 is 0 Å². The Morgan fingerprint density at radius 3 is 2.46 bits per heavy atom. The minimum atomic E-state index is 0.641. The third-order valence-electron chi connectivity index (χ3n) is 2.17. The maximum Gasteiger partial charge on any atom is 0.0163 e. The van der Waals surface area contributed by atoms with Crippen LogP contribution < -0.4 is 0 Å². The van der Waals surface area contributed by atoms with Crippen molar-refractivity contribution in [2.24, 2.45) is 0 Å². The van der Waals surface area contributed by atoms with Crippen molar-refractivity contribution in [3.8, 4) is 0 Å². The average molecular weight is 248 g/mol. The number of hydrogen-bond donors (Lipinski definition) is 0. The third kappa shape index (κ3) is 7.27. The number of unbranched alkanes of at least 4 members (excludes halogenated alkanes) is 2. The van der Waals surface area contributed by atoms with Gasteiger partial charge < -0.3 is 0 Å². The predicted molar refractivity (Wildman–Crippen MR) is 64.6 cm³/mol. The molecule has 0 aliphatic heterocycles. The highest BCUT2D eigenvalue weighted by atomic mass is 79.9. The highest BCUT2D eigenvalue weighted by molar-refractivity contribution is 9.09. The van der Waals surface area contributed by atoms with E-state index in [9.17, 15) is 0 Å². The summed E-state index contributed by atoms with van der Waals surface area (Å²) in [7, 11) is 0. The van der Waals surface area contributed by atoms with E-state index in [1.165, 1.54) is 25.8 Å². The molecule has 0 unspecified atom stereocenters. The fourth-order valence-corrected chi connectivity index (χ4v) is 1.71. The van der Waals surface area contributed by atoms with E-state index in [1.54, 1.807) is 0 Å². The van der Waals surface area contributed by atoms with Gasteiger partial charge in [0.05, 0.1) is 0 Å². The molecule has 0 aliphatic carbocycles. The number of hydrogen-bond acceptors (Lipinski definition) is 1. The van der Waals surface area contributed by atoms with Gasteiger partial charge in [0.15, 0.2) is 0 Å². The summed E-state index contributed by atoms with van der Waals surface area (Å²) in [6.07, 6.45) is 5.91. The molecule has 0 aliphatic rings. The lowest BCUT2D eigenvalue weighted by molar-refractivity contribution is 0.241. The summed E-state index contributed by atoms with van der Waals surface area (Å²) in [6, 6.07) is 0.641. The standard InChI is InChI=1S/C11H22BrN/c1-4-9-13(11(2)3)10-7-5-6-8-12/h4,11H,1,5-10H2,2-3H3. The summed E-state index contributed by atoms with van der Waals surface area (Å²) in [6.45, 7) is 10.5. The Morgan fingerprint density at radius 2 is 2.00 bits per heavy atom. The minimum absolute atomic E-state index is 0.641. The molecule has 2 heteroatoms. The zero-order valence-electron chi connectivity index (χ0n) is 8.93. The van der Waals surface area contributed by atoms with Gasteiger partial charge in [-0.2, -0.15) is 0 Å². The van der Waals surface area contributed by atoms with Crippen molar-refractivity contribution in [2.75, 3.05) is 18.4 Å². The number of nitrogens with zero attached hydrogens (tertiary/aromatic N) is 1. The molecule has 0 aromatic carbocycles. The first-order valence-corrected chi connectivity index (χ1v) is 6.25. The van der Waals surface area contributed by atoms with E-state index in [1.807, 2.05) is 6.08 Å². The van der Waals surface area contributed by atoms with Gasteiger partial charge in [-0.15, -0.1) is 6.58 Å². The minimum Gasteiger partial charge on any atom is -0.297 e. The highest BCUT2D eigenvalue weighted by Crippen LogP contribution is 2.04. The Hall–Kier alpha value is 0.180. The molecule has 13 heavy (non-hydrogen) atoms. The molecule has 0 rings (SSSR count). The van der Waals surface area contributed by atoms with Gasteiger partial charge in [-0.3, -0.25) is 4.90 Å².